The normalized spacial score (nSPS) is 14.1. The topological polar surface area (TPSA) is 70.5 Å². The molecule has 1 N–H and O–H groups in total. The van der Waals surface area contributed by atoms with Gasteiger partial charge >= 0.3 is 0 Å². The Labute approximate surface area is 132 Å². The zero-order valence-electron chi connectivity index (χ0n) is 12.5. The Morgan fingerprint density at radius 3 is 2.91 bits per heavy atom. The van der Waals surface area contributed by atoms with Crippen molar-refractivity contribution in [2.75, 3.05) is 0 Å². The van der Waals surface area contributed by atoms with Gasteiger partial charge in [0.25, 0.3) is 5.91 Å². The van der Waals surface area contributed by atoms with E-state index in [0.717, 1.165) is 24.2 Å². The first kappa shape index (κ1) is 13.8. The van der Waals surface area contributed by atoms with Crippen LogP contribution in [-0.2, 0) is 6.54 Å². The van der Waals surface area contributed by atoms with Gasteiger partial charge in [-0.1, -0.05) is 6.07 Å². The summed E-state index contributed by atoms with van der Waals surface area (Å²) in [5.74, 6) is -0.0605. The number of fused-ring (bicyclic) bond motifs is 1. The molecule has 23 heavy (non-hydrogen) atoms. The quantitative estimate of drug-likeness (QED) is 0.799. The molecular formula is C17H16N4O2. The maximum atomic E-state index is 12.8. The van der Waals surface area contributed by atoms with Crippen LogP contribution in [0.2, 0.25) is 0 Å². The Balaban J connectivity index is 1.64. The minimum absolute atomic E-state index is 0.0605. The summed E-state index contributed by atoms with van der Waals surface area (Å²) < 4.78 is 2.00. The van der Waals surface area contributed by atoms with Crippen molar-refractivity contribution in [2.24, 2.45) is 0 Å². The fourth-order valence-corrected chi connectivity index (χ4v) is 2.74. The summed E-state index contributed by atoms with van der Waals surface area (Å²) in [6.45, 7) is 0.508. The summed E-state index contributed by atoms with van der Waals surface area (Å²) in [7, 11) is 0. The van der Waals surface area contributed by atoms with E-state index in [1.54, 1.807) is 6.07 Å². The number of carbonyl (C=O) groups excluding carboxylic acids is 1. The average Bonchev–Trinajstić information content (AvgIpc) is 3.34. The van der Waals surface area contributed by atoms with E-state index in [4.69, 9.17) is 0 Å². The molecule has 0 bridgehead atoms. The number of amides is 1. The Kier molecular flexibility index (Phi) is 3.22. The second-order valence-electron chi connectivity index (χ2n) is 5.78. The maximum Gasteiger partial charge on any atom is 0.255 e. The van der Waals surface area contributed by atoms with Crippen molar-refractivity contribution in [1.29, 1.82) is 0 Å². The number of aromatic nitrogens is 3. The molecule has 116 valence electrons. The molecule has 1 saturated carbocycles. The van der Waals surface area contributed by atoms with E-state index in [2.05, 4.69) is 9.97 Å². The fourth-order valence-electron chi connectivity index (χ4n) is 2.74. The molecule has 0 radical (unpaired) electrons. The first-order valence-corrected chi connectivity index (χ1v) is 7.63. The van der Waals surface area contributed by atoms with Gasteiger partial charge in [0.15, 0.2) is 0 Å². The molecule has 1 aliphatic rings. The van der Waals surface area contributed by atoms with Crippen molar-refractivity contribution in [3.8, 4) is 0 Å². The summed E-state index contributed by atoms with van der Waals surface area (Å²) in [5, 5.41) is 0. The van der Waals surface area contributed by atoms with Gasteiger partial charge < -0.3 is 14.3 Å². The Bertz CT molecular complexity index is 903. The van der Waals surface area contributed by atoms with E-state index in [-0.39, 0.29) is 17.5 Å². The lowest BCUT2D eigenvalue weighted by molar-refractivity contribution is 0.0727. The highest BCUT2D eigenvalue weighted by Crippen LogP contribution is 2.29. The Morgan fingerprint density at radius 2 is 2.17 bits per heavy atom. The van der Waals surface area contributed by atoms with Gasteiger partial charge in [0, 0.05) is 24.5 Å². The number of nitrogens with one attached hydrogen (secondary N) is 1. The van der Waals surface area contributed by atoms with Gasteiger partial charge in [0.05, 0.1) is 24.0 Å². The third kappa shape index (κ3) is 2.63. The van der Waals surface area contributed by atoms with Crippen LogP contribution in [0.15, 0.2) is 53.7 Å². The van der Waals surface area contributed by atoms with Crippen LogP contribution in [0.3, 0.4) is 0 Å². The minimum atomic E-state index is -0.207. The van der Waals surface area contributed by atoms with E-state index in [9.17, 15) is 9.59 Å². The van der Waals surface area contributed by atoms with E-state index in [1.807, 2.05) is 39.9 Å². The van der Waals surface area contributed by atoms with E-state index in [0.29, 0.717) is 12.1 Å². The molecule has 0 saturated heterocycles. The van der Waals surface area contributed by atoms with Gasteiger partial charge in [-0.05, 0) is 31.0 Å². The first-order valence-electron chi connectivity index (χ1n) is 7.63. The smallest absolute Gasteiger partial charge is 0.255 e. The molecule has 0 aliphatic heterocycles. The second kappa shape index (κ2) is 5.39. The van der Waals surface area contributed by atoms with E-state index in [1.165, 1.54) is 12.3 Å². The van der Waals surface area contributed by atoms with Crippen LogP contribution in [0, 0.1) is 0 Å². The lowest BCUT2D eigenvalue weighted by Crippen LogP contribution is -2.33. The van der Waals surface area contributed by atoms with E-state index < -0.39 is 0 Å². The summed E-state index contributed by atoms with van der Waals surface area (Å²) in [4.78, 5) is 32.7. The van der Waals surface area contributed by atoms with Crippen molar-refractivity contribution < 1.29 is 4.79 Å². The fraction of sp³-hybridized carbons (Fsp3) is 0.235. The van der Waals surface area contributed by atoms with Gasteiger partial charge in [0.2, 0.25) is 5.56 Å². The molecule has 0 spiro atoms. The van der Waals surface area contributed by atoms with Gasteiger partial charge in [-0.2, -0.15) is 0 Å². The molecule has 1 amide bonds. The SMILES string of the molecule is O=C(c1ccc(=O)[nH]c1)N(Cc1cnc2ccccn12)C1CC1. The van der Waals surface area contributed by atoms with Gasteiger partial charge in [0.1, 0.15) is 5.65 Å². The third-order valence-corrected chi connectivity index (χ3v) is 4.11. The maximum absolute atomic E-state index is 12.8. The van der Waals surface area contributed by atoms with Crippen LogP contribution < -0.4 is 5.56 Å². The standard InChI is InChI=1S/C17H16N4O2/c22-16-7-4-12(9-19-16)17(23)21(13-5-6-13)11-14-10-18-15-3-1-2-8-20(14)15/h1-4,7-10,13H,5-6,11H2,(H,19,22). The number of nitrogens with zero attached hydrogens (tertiary/aromatic N) is 3. The largest absolute Gasteiger partial charge is 0.330 e. The number of imidazole rings is 1. The number of hydrogen-bond acceptors (Lipinski definition) is 3. The molecule has 6 nitrogen and oxygen atoms in total. The molecule has 0 atom stereocenters. The zero-order valence-corrected chi connectivity index (χ0v) is 12.5. The lowest BCUT2D eigenvalue weighted by atomic mass is 10.2. The summed E-state index contributed by atoms with van der Waals surface area (Å²) in [6, 6.07) is 9.05. The Hall–Kier alpha value is -2.89. The highest BCUT2D eigenvalue weighted by atomic mass is 16.2. The van der Waals surface area contributed by atoms with Crippen molar-refractivity contribution in [1.82, 2.24) is 19.3 Å². The van der Waals surface area contributed by atoms with Crippen LogP contribution >= 0.6 is 0 Å². The van der Waals surface area contributed by atoms with Crippen LogP contribution in [-0.4, -0.2) is 31.2 Å². The average molecular weight is 308 g/mol. The van der Waals surface area contributed by atoms with Crippen molar-refractivity contribution in [2.45, 2.75) is 25.4 Å². The molecule has 1 aliphatic carbocycles. The summed E-state index contributed by atoms with van der Waals surface area (Å²) in [5.41, 5.74) is 2.15. The molecule has 3 aromatic rings. The lowest BCUT2D eigenvalue weighted by Gasteiger charge is -2.22. The number of aromatic amines is 1. The predicted octanol–water partition coefficient (Wildman–Crippen LogP) is 1.83. The zero-order chi connectivity index (χ0) is 15.8. The number of H-pyrrole nitrogens is 1. The number of rotatable bonds is 4. The van der Waals surface area contributed by atoms with Crippen LogP contribution in [0.4, 0.5) is 0 Å². The second-order valence-corrected chi connectivity index (χ2v) is 5.78. The van der Waals surface area contributed by atoms with Gasteiger partial charge in [-0.25, -0.2) is 4.98 Å². The van der Waals surface area contributed by atoms with Crippen LogP contribution in [0.25, 0.3) is 5.65 Å². The summed E-state index contributed by atoms with van der Waals surface area (Å²) >= 11 is 0. The van der Waals surface area contributed by atoms with Crippen LogP contribution in [0.1, 0.15) is 28.9 Å². The predicted molar refractivity (Wildman–Crippen MR) is 85.2 cm³/mol. The number of pyridine rings is 2. The van der Waals surface area contributed by atoms with Crippen molar-refractivity contribution in [3.05, 3.63) is 70.5 Å². The molecule has 3 heterocycles. The monoisotopic (exact) mass is 308 g/mol. The van der Waals surface area contributed by atoms with Gasteiger partial charge in [-0.3, -0.25) is 9.59 Å². The highest BCUT2D eigenvalue weighted by molar-refractivity contribution is 5.94. The molecular weight excluding hydrogens is 292 g/mol. The number of hydrogen-bond donors (Lipinski definition) is 1. The Morgan fingerprint density at radius 1 is 1.30 bits per heavy atom. The molecule has 4 rings (SSSR count). The molecule has 0 aromatic carbocycles. The van der Waals surface area contributed by atoms with E-state index >= 15 is 0 Å². The molecule has 1 fully saturated rings. The first-order chi connectivity index (χ1) is 11.2. The third-order valence-electron chi connectivity index (χ3n) is 4.11. The van der Waals surface area contributed by atoms with Crippen molar-refractivity contribution >= 4 is 11.6 Å². The van der Waals surface area contributed by atoms with Gasteiger partial charge in [-0.15, -0.1) is 0 Å². The molecule has 0 unspecified atom stereocenters. The highest BCUT2D eigenvalue weighted by Gasteiger charge is 2.33. The number of carbonyl (C=O) groups is 1. The van der Waals surface area contributed by atoms with Crippen molar-refractivity contribution in [3.63, 3.8) is 0 Å². The molecule has 3 aromatic heterocycles. The molecule has 6 heteroatoms. The van der Waals surface area contributed by atoms with Crippen LogP contribution in [0.5, 0.6) is 0 Å². The summed E-state index contributed by atoms with van der Waals surface area (Å²) in [6.07, 6.45) is 7.28. The minimum Gasteiger partial charge on any atom is -0.330 e.